The summed E-state index contributed by atoms with van der Waals surface area (Å²) in [5.41, 5.74) is 0. The molecule has 1 N–H and O–H groups in total. The topological polar surface area (TPSA) is 116 Å². The molecule has 0 aromatic rings. The second kappa shape index (κ2) is 49.3. The Morgan fingerprint density at radius 2 is 0.838 bits per heavy atom. The quantitative estimate of drug-likeness (QED) is 0.0277. The van der Waals surface area contributed by atoms with Gasteiger partial charge < -0.3 is 19.3 Å². The summed E-state index contributed by atoms with van der Waals surface area (Å²) in [4.78, 5) is 50.3. The van der Waals surface area contributed by atoms with Crippen LogP contribution in [0.1, 0.15) is 286 Å². The van der Waals surface area contributed by atoms with Gasteiger partial charge in [0.15, 0.2) is 0 Å². The predicted molar refractivity (Wildman–Crippen MR) is 286 cm³/mol. The van der Waals surface area contributed by atoms with Gasteiger partial charge in [-0.1, -0.05) is 207 Å². The first kappa shape index (κ1) is 65.4. The third kappa shape index (κ3) is 42.3. The van der Waals surface area contributed by atoms with Crippen LogP contribution >= 0.6 is 0 Å². The molecule has 0 rings (SSSR count). The molecule has 0 aliphatic rings. The zero-order valence-electron chi connectivity index (χ0n) is 45.5. The number of hydrogen-bond donors (Lipinski definition) is 1. The lowest BCUT2D eigenvalue weighted by Gasteiger charge is -2.22. The summed E-state index contributed by atoms with van der Waals surface area (Å²) >= 11 is 0. The van der Waals surface area contributed by atoms with Crippen LogP contribution in [0.2, 0.25) is 0 Å². The molecule has 0 heterocycles. The van der Waals surface area contributed by atoms with Crippen LogP contribution in [0.3, 0.4) is 0 Å². The highest BCUT2D eigenvalue weighted by atomic mass is 16.5. The van der Waals surface area contributed by atoms with Crippen LogP contribution in [-0.2, 0) is 33.4 Å². The number of hydrogen-bond acceptors (Lipinski definition) is 7. The van der Waals surface area contributed by atoms with Gasteiger partial charge in [-0.15, -0.1) is 0 Å². The summed E-state index contributed by atoms with van der Waals surface area (Å²) in [5, 5.41) is 9.49. The summed E-state index contributed by atoms with van der Waals surface area (Å²) in [5.74, 6) is -0.130. The van der Waals surface area contributed by atoms with E-state index in [4.69, 9.17) is 14.2 Å². The summed E-state index contributed by atoms with van der Waals surface area (Å²) in [7, 11) is 0. The standard InChI is InChI=1S/C60H110O8/c1-7-13-17-19-21-26-31-40-54(41-32-28-24-30-36-47-59(64)67-50-53(12-6)39-16-10-4)48-56(44-37-45-57(61)62)60(65)68-51-55(42-33-25-20-18-14-8-2)43-34-27-22-23-29-35-46-58(63)66-49-52(11-5)38-15-9-3/h31,34,40,43,52-56H,7-30,32-33,35-39,41-42,44-51H2,1-6H3,(H,61,62)/b40-31+,43-34+. The molecule has 0 fully saturated rings. The van der Waals surface area contributed by atoms with Crippen LogP contribution in [-0.4, -0.2) is 48.8 Å². The summed E-state index contributed by atoms with van der Waals surface area (Å²) in [6.45, 7) is 14.7. The van der Waals surface area contributed by atoms with E-state index in [1.807, 2.05) is 0 Å². The zero-order chi connectivity index (χ0) is 50.1. The number of ether oxygens (including phenoxy) is 3. The monoisotopic (exact) mass is 959 g/mol. The number of unbranched alkanes of at least 4 members (excludes halogenated alkanes) is 20. The molecule has 0 radical (unpaired) electrons. The van der Waals surface area contributed by atoms with Gasteiger partial charge in [0.25, 0.3) is 0 Å². The Kier molecular flexibility index (Phi) is 47.4. The summed E-state index contributed by atoms with van der Waals surface area (Å²) < 4.78 is 17.4. The van der Waals surface area contributed by atoms with Crippen molar-refractivity contribution in [1.29, 1.82) is 0 Å². The van der Waals surface area contributed by atoms with Crippen LogP contribution < -0.4 is 0 Å². The van der Waals surface area contributed by atoms with E-state index in [2.05, 4.69) is 65.8 Å². The largest absolute Gasteiger partial charge is 0.481 e. The molecule has 8 heteroatoms. The van der Waals surface area contributed by atoms with Gasteiger partial charge in [0.05, 0.1) is 25.7 Å². The van der Waals surface area contributed by atoms with Crippen LogP contribution in [0, 0.1) is 29.6 Å². The van der Waals surface area contributed by atoms with E-state index in [1.54, 1.807) is 0 Å². The third-order valence-electron chi connectivity index (χ3n) is 14.0. The minimum absolute atomic E-state index is 0.0552. The van der Waals surface area contributed by atoms with Crippen molar-refractivity contribution in [3.63, 3.8) is 0 Å². The van der Waals surface area contributed by atoms with Crippen molar-refractivity contribution >= 4 is 23.9 Å². The molecule has 0 saturated carbocycles. The number of esters is 3. The van der Waals surface area contributed by atoms with Crippen LogP contribution in [0.25, 0.3) is 0 Å². The molecule has 0 aliphatic carbocycles. The molecule has 5 unspecified atom stereocenters. The molecular weight excluding hydrogens is 849 g/mol. The first-order chi connectivity index (χ1) is 33.1. The Morgan fingerprint density at radius 3 is 1.31 bits per heavy atom. The van der Waals surface area contributed by atoms with Crippen LogP contribution in [0.15, 0.2) is 24.3 Å². The number of carboxylic acids is 1. The molecule has 8 nitrogen and oxygen atoms in total. The maximum atomic E-state index is 14.0. The molecule has 0 saturated heterocycles. The average Bonchev–Trinajstić information content (AvgIpc) is 3.33. The fraction of sp³-hybridized carbons (Fsp3) is 0.867. The fourth-order valence-corrected chi connectivity index (χ4v) is 9.12. The molecule has 0 spiro atoms. The SMILES string of the molecule is CCCCCCC/C=C/C(CCCCCCCC(=O)OCC(CC)CCCC)CC(CCCC(=O)O)C(=O)OCC(/C=C/CCCCCCC(=O)OCC(CC)CCCC)CCCCCCCC. The Morgan fingerprint density at radius 1 is 0.412 bits per heavy atom. The van der Waals surface area contributed by atoms with Crippen molar-refractivity contribution in [3.8, 4) is 0 Å². The molecule has 5 atom stereocenters. The zero-order valence-corrected chi connectivity index (χ0v) is 45.5. The van der Waals surface area contributed by atoms with E-state index in [9.17, 15) is 24.3 Å². The highest BCUT2D eigenvalue weighted by Gasteiger charge is 2.25. The summed E-state index contributed by atoms with van der Waals surface area (Å²) in [6, 6.07) is 0. The van der Waals surface area contributed by atoms with Crippen LogP contribution in [0.5, 0.6) is 0 Å². The smallest absolute Gasteiger partial charge is 0.308 e. The maximum Gasteiger partial charge on any atom is 0.308 e. The molecule has 0 bridgehead atoms. The van der Waals surface area contributed by atoms with E-state index in [0.29, 0.717) is 63.8 Å². The van der Waals surface area contributed by atoms with E-state index in [-0.39, 0.29) is 42.1 Å². The van der Waals surface area contributed by atoms with E-state index < -0.39 is 5.97 Å². The Bertz CT molecular complexity index is 1230. The molecule has 0 aliphatic heterocycles. The Balaban J connectivity index is 5.43. The summed E-state index contributed by atoms with van der Waals surface area (Å²) in [6.07, 6.45) is 47.6. The van der Waals surface area contributed by atoms with Crippen molar-refractivity contribution < 1.29 is 38.5 Å². The van der Waals surface area contributed by atoms with Gasteiger partial charge in [0.1, 0.15) is 0 Å². The number of aliphatic carboxylic acids is 1. The van der Waals surface area contributed by atoms with Gasteiger partial charge in [0.2, 0.25) is 0 Å². The maximum absolute atomic E-state index is 14.0. The van der Waals surface area contributed by atoms with E-state index in [0.717, 1.165) is 116 Å². The van der Waals surface area contributed by atoms with Gasteiger partial charge in [-0.3, -0.25) is 19.2 Å². The Hall–Kier alpha value is -2.64. The van der Waals surface area contributed by atoms with Gasteiger partial charge in [-0.25, -0.2) is 0 Å². The highest BCUT2D eigenvalue weighted by Crippen LogP contribution is 2.27. The lowest BCUT2D eigenvalue weighted by atomic mass is 9.86. The van der Waals surface area contributed by atoms with E-state index in [1.165, 1.54) is 89.9 Å². The minimum atomic E-state index is -0.827. The third-order valence-corrected chi connectivity index (χ3v) is 14.0. The average molecular weight is 960 g/mol. The molecule has 0 amide bonds. The first-order valence-corrected chi connectivity index (χ1v) is 29.2. The lowest BCUT2D eigenvalue weighted by Crippen LogP contribution is -2.23. The minimum Gasteiger partial charge on any atom is -0.481 e. The number of carbonyl (C=O) groups excluding carboxylic acids is 3. The van der Waals surface area contributed by atoms with Crippen molar-refractivity contribution in [1.82, 2.24) is 0 Å². The predicted octanol–water partition coefficient (Wildman–Crippen LogP) is 17.8. The van der Waals surface area contributed by atoms with Crippen molar-refractivity contribution in [2.75, 3.05) is 19.8 Å². The lowest BCUT2D eigenvalue weighted by molar-refractivity contribution is -0.151. The van der Waals surface area contributed by atoms with Gasteiger partial charge >= 0.3 is 23.9 Å². The highest BCUT2D eigenvalue weighted by molar-refractivity contribution is 5.73. The normalized spacial score (nSPS) is 14.0. The second-order valence-electron chi connectivity index (χ2n) is 20.4. The molecular formula is C60H110O8. The molecule has 398 valence electrons. The van der Waals surface area contributed by atoms with E-state index >= 15 is 0 Å². The van der Waals surface area contributed by atoms with Gasteiger partial charge in [-0.05, 0) is 101 Å². The molecule has 0 aromatic heterocycles. The van der Waals surface area contributed by atoms with Gasteiger partial charge in [0, 0.05) is 25.2 Å². The van der Waals surface area contributed by atoms with Gasteiger partial charge in [-0.2, -0.15) is 0 Å². The number of carboxylic acid groups (broad SMARTS) is 1. The second-order valence-corrected chi connectivity index (χ2v) is 20.4. The van der Waals surface area contributed by atoms with Crippen molar-refractivity contribution in [2.45, 2.75) is 286 Å². The molecule has 68 heavy (non-hydrogen) atoms. The number of carbonyl (C=O) groups is 4. The fourth-order valence-electron chi connectivity index (χ4n) is 9.12. The number of rotatable bonds is 51. The Labute approximate surface area is 420 Å². The number of allylic oxidation sites excluding steroid dienone is 3. The molecule has 0 aromatic carbocycles. The van der Waals surface area contributed by atoms with Crippen molar-refractivity contribution in [3.05, 3.63) is 24.3 Å². The van der Waals surface area contributed by atoms with Crippen molar-refractivity contribution in [2.24, 2.45) is 29.6 Å². The first-order valence-electron chi connectivity index (χ1n) is 29.2. The van der Waals surface area contributed by atoms with Crippen LogP contribution in [0.4, 0.5) is 0 Å².